The van der Waals surface area contributed by atoms with Gasteiger partial charge in [-0.25, -0.2) is 8.42 Å². The van der Waals surface area contributed by atoms with Crippen molar-refractivity contribution in [2.75, 3.05) is 39.4 Å². The van der Waals surface area contributed by atoms with Gasteiger partial charge in [0.25, 0.3) is 5.91 Å². The Bertz CT molecular complexity index is 630. The minimum absolute atomic E-state index is 0.0205. The molecule has 0 saturated carbocycles. The number of sulfonamides is 1. The minimum Gasteiger partial charge on any atom is -0.379 e. The predicted molar refractivity (Wildman–Crippen MR) is 81.2 cm³/mol. The molecule has 6 nitrogen and oxygen atoms in total. The van der Waals surface area contributed by atoms with Crippen LogP contribution in [0.5, 0.6) is 0 Å². The van der Waals surface area contributed by atoms with E-state index in [1.807, 2.05) is 4.90 Å². The molecule has 0 N–H and O–H groups in total. The van der Waals surface area contributed by atoms with E-state index in [0.717, 1.165) is 25.9 Å². The Morgan fingerprint density at radius 3 is 2.14 bits per heavy atom. The van der Waals surface area contributed by atoms with Crippen molar-refractivity contribution >= 4 is 15.9 Å². The van der Waals surface area contributed by atoms with Gasteiger partial charge in [0.1, 0.15) is 0 Å². The molecule has 1 aromatic rings. The summed E-state index contributed by atoms with van der Waals surface area (Å²) < 4.78 is 31.6. The molecule has 3 rings (SSSR count). The maximum atomic E-state index is 12.5. The lowest BCUT2D eigenvalue weighted by Crippen LogP contribution is -2.40. The molecule has 0 aromatic heterocycles. The number of amides is 1. The Morgan fingerprint density at radius 2 is 1.55 bits per heavy atom. The highest BCUT2D eigenvalue weighted by Gasteiger charge is 2.27. The van der Waals surface area contributed by atoms with Crippen molar-refractivity contribution < 1.29 is 17.9 Å². The summed E-state index contributed by atoms with van der Waals surface area (Å²) in [6.07, 6.45) is 2.07. The highest BCUT2D eigenvalue weighted by molar-refractivity contribution is 7.89. The van der Waals surface area contributed by atoms with Gasteiger partial charge in [-0.3, -0.25) is 4.79 Å². The number of hydrogen-bond acceptors (Lipinski definition) is 4. The molecular formula is C15H20N2O4S. The monoisotopic (exact) mass is 324 g/mol. The highest BCUT2D eigenvalue weighted by atomic mass is 32.2. The average Bonchev–Trinajstić information content (AvgIpc) is 3.09. The van der Waals surface area contributed by atoms with Crippen LogP contribution in [0.4, 0.5) is 0 Å². The van der Waals surface area contributed by atoms with Crippen LogP contribution in [0.25, 0.3) is 0 Å². The van der Waals surface area contributed by atoms with Crippen molar-refractivity contribution in [1.29, 1.82) is 0 Å². The first-order chi connectivity index (χ1) is 10.6. The summed E-state index contributed by atoms with van der Waals surface area (Å²) in [7, 11) is -3.50. The molecule has 0 radical (unpaired) electrons. The number of hydrogen-bond donors (Lipinski definition) is 0. The molecule has 22 heavy (non-hydrogen) atoms. The van der Waals surface area contributed by atoms with Crippen LogP contribution in [0.1, 0.15) is 23.2 Å². The van der Waals surface area contributed by atoms with Crippen LogP contribution in [0, 0.1) is 0 Å². The lowest BCUT2D eigenvalue weighted by atomic mass is 10.2. The zero-order valence-electron chi connectivity index (χ0n) is 12.4. The fourth-order valence-electron chi connectivity index (χ4n) is 2.81. The Kier molecular flexibility index (Phi) is 4.46. The molecule has 2 saturated heterocycles. The first kappa shape index (κ1) is 15.5. The number of rotatable bonds is 3. The van der Waals surface area contributed by atoms with Gasteiger partial charge in [0.05, 0.1) is 18.1 Å². The van der Waals surface area contributed by atoms with Crippen LogP contribution in [-0.2, 0) is 14.8 Å². The van der Waals surface area contributed by atoms with E-state index in [1.54, 1.807) is 12.1 Å². The number of likely N-dealkylation sites (tertiary alicyclic amines) is 1. The van der Waals surface area contributed by atoms with Gasteiger partial charge in [0, 0.05) is 31.7 Å². The molecule has 2 fully saturated rings. The number of morpholine rings is 1. The van der Waals surface area contributed by atoms with Crippen molar-refractivity contribution in [2.45, 2.75) is 17.7 Å². The normalized spacial score (nSPS) is 20.3. The number of nitrogens with zero attached hydrogens (tertiary/aromatic N) is 2. The van der Waals surface area contributed by atoms with E-state index >= 15 is 0 Å². The Morgan fingerprint density at radius 1 is 0.955 bits per heavy atom. The number of benzene rings is 1. The average molecular weight is 324 g/mol. The predicted octanol–water partition coefficient (Wildman–Crippen LogP) is 0.943. The lowest BCUT2D eigenvalue weighted by Gasteiger charge is -2.26. The summed E-state index contributed by atoms with van der Waals surface area (Å²) in [5, 5.41) is 0. The van der Waals surface area contributed by atoms with Crippen LogP contribution in [0.2, 0.25) is 0 Å². The maximum Gasteiger partial charge on any atom is 0.253 e. The maximum absolute atomic E-state index is 12.5. The molecule has 0 aliphatic carbocycles. The molecule has 2 aliphatic heterocycles. The van der Waals surface area contributed by atoms with E-state index in [2.05, 4.69) is 0 Å². The largest absolute Gasteiger partial charge is 0.379 e. The second-order valence-corrected chi connectivity index (χ2v) is 7.48. The molecule has 2 heterocycles. The van der Waals surface area contributed by atoms with E-state index in [9.17, 15) is 13.2 Å². The molecule has 0 atom stereocenters. The van der Waals surface area contributed by atoms with Crippen molar-refractivity contribution in [1.82, 2.24) is 9.21 Å². The lowest BCUT2D eigenvalue weighted by molar-refractivity contribution is 0.0730. The van der Waals surface area contributed by atoms with Gasteiger partial charge in [-0.2, -0.15) is 4.31 Å². The van der Waals surface area contributed by atoms with Gasteiger partial charge in [0.2, 0.25) is 10.0 Å². The summed E-state index contributed by atoms with van der Waals surface area (Å²) in [5.74, 6) is -0.0205. The topological polar surface area (TPSA) is 66.9 Å². The number of carbonyl (C=O) groups excluding carboxylic acids is 1. The fraction of sp³-hybridized carbons (Fsp3) is 0.533. The van der Waals surface area contributed by atoms with Crippen LogP contribution < -0.4 is 0 Å². The van der Waals surface area contributed by atoms with E-state index in [4.69, 9.17) is 4.74 Å². The van der Waals surface area contributed by atoms with Crippen LogP contribution in [0.3, 0.4) is 0 Å². The molecule has 0 bridgehead atoms. The van der Waals surface area contributed by atoms with E-state index < -0.39 is 10.0 Å². The van der Waals surface area contributed by atoms with Crippen molar-refractivity contribution in [2.24, 2.45) is 0 Å². The van der Waals surface area contributed by atoms with Gasteiger partial charge < -0.3 is 9.64 Å². The first-order valence-corrected chi connectivity index (χ1v) is 9.00. The molecule has 1 amide bonds. The molecule has 2 aliphatic rings. The third-order valence-electron chi connectivity index (χ3n) is 4.10. The first-order valence-electron chi connectivity index (χ1n) is 7.56. The van der Waals surface area contributed by atoms with Gasteiger partial charge in [-0.05, 0) is 37.1 Å². The fourth-order valence-corrected chi connectivity index (χ4v) is 4.22. The van der Waals surface area contributed by atoms with Crippen molar-refractivity contribution in [3.8, 4) is 0 Å². The van der Waals surface area contributed by atoms with Crippen molar-refractivity contribution in [3.05, 3.63) is 29.8 Å². The van der Waals surface area contributed by atoms with Crippen molar-refractivity contribution in [3.63, 3.8) is 0 Å². The Balaban J connectivity index is 1.77. The number of ether oxygens (including phenoxy) is 1. The summed E-state index contributed by atoms with van der Waals surface area (Å²) in [6.45, 7) is 3.16. The zero-order valence-corrected chi connectivity index (χ0v) is 13.2. The second kappa shape index (κ2) is 6.36. The third-order valence-corrected chi connectivity index (χ3v) is 6.02. The third kappa shape index (κ3) is 3.02. The molecule has 120 valence electrons. The highest BCUT2D eigenvalue weighted by Crippen LogP contribution is 2.19. The van der Waals surface area contributed by atoms with E-state index in [1.165, 1.54) is 16.4 Å². The SMILES string of the molecule is O=C(c1ccc(S(=O)(=O)N2CCOCC2)cc1)N1CCCC1. The van der Waals surface area contributed by atoms with E-state index in [-0.39, 0.29) is 10.8 Å². The van der Waals surface area contributed by atoms with Gasteiger partial charge >= 0.3 is 0 Å². The van der Waals surface area contributed by atoms with Crippen LogP contribution >= 0.6 is 0 Å². The van der Waals surface area contributed by atoms with Crippen LogP contribution in [0.15, 0.2) is 29.2 Å². The standard InChI is InChI=1S/C15H20N2O4S/c18-15(16-7-1-2-8-16)13-3-5-14(6-4-13)22(19,20)17-9-11-21-12-10-17/h3-6H,1-2,7-12H2. The van der Waals surface area contributed by atoms with E-state index in [0.29, 0.717) is 31.9 Å². The molecule has 0 unspecified atom stereocenters. The minimum atomic E-state index is -3.50. The Hall–Kier alpha value is -1.44. The zero-order chi connectivity index (χ0) is 15.6. The summed E-state index contributed by atoms with van der Waals surface area (Å²) in [5.41, 5.74) is 0.544. The molecule has 7 heteroatoms. The summed E-state index contributed by atoms with van der Waals surface area (Å²) in [4.78, 5) is 14.3. The smallest absolute Gasteiger partial charge is 0.253 e. The molecule has 0 spiro atoms. The number of carbonyl (C=O) groups is 1. The van der Waals surface area contributed by atoms with Gasteiger partial charge in [0.15, 0.2) is 0 Å². The van der Waals surface area contributed by atoms with Gasteiger partial charge in [-0.15, -0.1) is 0 Å². The molecular weight excluding hydrogens is 304 g/mol. The summed E-state index contributed by atoms with van der Waals surface area (Å²) >= 11 is 0. The van der Waals surface area contributed by atoms with Crippen LogP contribution in [-0.4, -0.2) is 62.9 Å². The summed E-state index contributed by atoms with van der Waals surface area (Å²) in [6, 6.07) is 6.25. The van der Waals surface area contributed by atoms with Gasteiger partial charge in [-0.1, -0.05) is 0 Å². The molecule has 1 aromatic carbocycles. The second-order valence-electron chi connectivity index (χ2n) is 5.54. The quantitative estimate of drug-likeness (QED) is 0.830. The Labute approximate surface area is 130 Å².